The zero-order valence-corrected chi connectivity index (χ0v) is 9.64. The molecule has 0 heterocycles. The molecular weight excluding hydrogens is 166 g/mol. The number of hydrogen-bond acceptors (Lipinski definition) is 2. The Labute approximate surface area is 81.3 Å². The van der Waals surface area contributed by atoms with Gasteiger partial charge in [0.25, 0.3) is 5.97 Å². The van der Waals surface area contributed by atoms with Crippen molar-refractivity contribution in [2.75, 3.05) is 0 Å². The Balaban J connectivity index is 0. The molecule has 0 bridgehead atoms. The first-order chi connectivity index (χ1) is 5.44. The lowest BCUT2D eigenvalue weighted by molar-refractivity contribution is -0.134. The van der Waals surface area contributed by atoms with E-state index >= 15 is 0 Å². The van der Waals surface area contributed by atoms with Crippen LogP contribution in [0.5, 0.6) is 0 Å². The van der Waals surface area contributed by atoms with E-state index in [1.807, 2.05) is 0 Å². The van der Waals surface area contributed by atoms with Gasteiger partial charge in [-0.05, 0) is 25.7 Å². The molecule has 3 N–H and O–H groups in total. The summed E-state index contributed by atoms with van der Waals surface area (Å²) in [6, 6.07) is 0. The van der Waals surface area contributed by atoms with Crippen molar-refractivity contribution in [1.29, 1.82) is 0 Å². The van der Waals surface area contributed by atoms with Crippen LogP contribution in [0, 0.1) is 5.41 Å². The lowest BCUT2D eigenvalue weighted by Gasteiger charge is -2.28. The minimum Gasteiger partial charge on any atom is -0.481 e. The van der Waals surface area contributed by atoms with Gasteiger partial charge in [0.05, 0.1) is 0 Å². The van der Waals surface area contributed by atoms with E-state index in [1.165, 1.54) is 0 Å². The molecule has 0 atom stereocenters. The SMILES string of the molecule is CC(=O)O.CC(C)(C)CC(C)(C)N. The monoisotopic (exact) mass is 189 g/mol. The summed E-state index contributed by atoms with van der Waals surface area (Å²) in [6.07, 6.45) is 1.07. The van der Waals surface area contributed by atoms with Crippen molar-refractivity contribution in [2.45, 2.75) is 53.5 Å². The van der Waals surface area contributed by atoms with E-state index in [0.29, 0.717) is 5.41 Å². The van der Waals surface area contributed by atoms with Gasteiger partial charge in [0, 0.05) is 12.5 Å². The van der Waals surface area contributed by atoms with Gasteiger partial charge in [0.2, 0.25) is 0 Å². The molecule has 0 radical (unpaired) electrons. The lowest BCUT2D eigenvalue weighted by Crippen LogP contribution is -2.36. The first-order valence-corrected chi connectivity index (χ1v) is 4.42. The maximum absolute atomic E-state index is 9.00. The van der Waals surface area contributed by atoms with Crippen LogP contribution >= 0.6 is 0 Å². The maximum atomic E-state index is 9.00. The van der Waals surface area contributed by atoms with Crippen LogP contribution in [0.25, 0.3) is 0 Å². The van der Waals surface area contributed by atoms with E-state index in [0.717, 1.165) is 13.3 Å². The summed E-state index contributed by atoms with van der Waals surface area (Å²) in [6.45, 7) is 11.8. The van der Waals surface area contributed by atoms with Crippen molar-refractivity contribution in [2.24, 2.45) is 11.1 Å². The van der Waals surface area contributed by atoms with Gasteiger partial charge in [-0.25, -0.2) is 0 Å². The van der Waals surface area contributed by atoms with E-state index in [-0.39, 0.29) is 5.54 Å². The van der Waals surface area contributed by atoms with Crippen LogP contribution in [0.2, 0.25) is 0 Å². The van der Waals surface area contributed by atoms with E-state index in [2.05, 4.69) is 34.6 Å². The topological polar surface area (TPSA) is 63.3 Å². The molecule has 0 aromatic carbocycles. The summed E-state index contributed by atoms with van der Waals surface area (Å²) >= 11 is 0. The van der Waals surface area contributed by atoms with Crippen molar-refractivity contribution in [3.8, 4) is 0 Å². The Bertz CT molecular complexity index is 135. The Morgan fingerprint density at radius 3 is 1.46 bits per heavy atom. The first kappa shape index (κ1) is 14.9. The second kappa shape index (κ2) is 5.22. The highest BCUT2D eigenvalue weighted by atomic mass is 16.4. The average molecular weight is 189 g/mol. The molecule has 0 saturated carbocycles. The number of hydrogen-bond donors (Lipinski definition) is 2. The van der Waals surface area contributed by atoms with Crippen molar-refractivity contribution >= 4 is 5.97 Å². The second-order valence-electron chi connectivity index (χ2n) is 5.25. The molecule has 0 fully saturated rings. The molecule has 80 valence electrons. The normalized spacial score (nSPS) is 11.6. The van der Waals surface area contributed by atoms with E-state index in [1.54, 1.807) is 0 Å². The van der Waals surface area contributed by atoms with Crippen LogP contribution in [0.3, 0.4) is 0 Å². The largest absolute Gasteiger partial charge is 0.481 e. The highest BCUT2D eigenvalue weighted by Crippen LogP contribution is 2.24. The molecule has 13 heavy (non-hydrogen) atoms. The maximum Gasteiger partial charge on any atom is 0.300 e. The van der Waals surface area contributed by atoms with Crippen molar-refractivity contribution in [3.63, 3.8) is 0 Å². The molecule has 3 nitrogen and oxygen atoms in total. The van der Waals surface area contributed by atoms with E-state index in [4.69, 9.17) is 15.6 Å². The van der Waals surface area contributed by atoms with Crippen molar-refractivity contribution < 1.29 is 9.90 Å². The van der Waals surface area contributed by atoms with Gasteiger partial charge in [0.1, 0.15) is 0 Å². The fourth-order valence-corrected chi connectivity index (χ4v) is 1.37. The molecule has 0 rings (SSSR count). The summed E-state index contributed by atoms with van der Waals surface area (Å²) < 4.78 is 0. The fraction of sp³-hybridized carbons (Fsp3) is 0.900. The molecule has 0 aliphatic heterocycles. The van der Waals surface area contributed by atoms with Crippen molar-refractivity contribution in [1.82, 2.24) is 0 Å². The predicted molar refractivity (Wildman–Crippen MR) is 55.6 cm³/mol. The van der Waals surface area contributed by atoms with Gasteiger partial charge in [-0.1, -0.05) is 20.8 Å². The zero-order valence-electron chi connectivity index (χ0n) is 9.64. The smallest absolute Gasteiger partial charge is 0.300 e. The molecular formula is C10H23NO2. The van der Waals surface area contributed by atoms with Crippen LogP contribution in [0.1, 0.15) is 48.0 Å². The Morgan fingerprint density at radius 2 is 1.46 bits per heavy atom. The van der Waals surface area contributed by atoms with Crippen LogP contribution in [0.15, 0.2) is 0 Å². The van der Waals surface area contributed by atoms with Gasteiger partial charge in [0.15, 0.2) is 0 Å². The number of carbonyl (C=O) groups is 1. The number of carboxylic acid groups (broad SMARTS) is 1. The standard InChI is InChI=1S/C8H19N.C2H4O2/c1-7(2,3)6-8(4,5)9;1-2(3)4/h6,9H2,1-5H3;1H3,(H,3,4). The zero-order chi connectivity index (χ0) is 11.3. The molecule has 0 unspecified atom stereocenters. The van der Waals surface area contributed by atoms with E-state index in [9.17, 15) is 0 Å². The third-order valence-electron chi connectivity index (χ3n) is 0.986. The molecule has 0 saturated heterocycles. The third-order valence-corrected chi connectivity index (χ3v) is 0.986. The summed E-state index contributed by atoms with van der Waals surface area (Å²) in [5.74, 6) is -0.833. The number of nitrogens with two attached hydrogens (primary N) is 1. The molecule has 0 aromatic rings. The van der Waals surface area contributed by atoms with Gasteiger partial charge in [-0.15, -0.1) is 0 Å². The summed E-state index contributed by atoms with van der Waals surface area (Å²) in [5.41, 5.74) is 6.17. The fourth-order valence-electron chi connectivity index (χ4n) is 1.37. The number of rotatable bonds is 1. The molecule has 0 aliphatic rings. The minimum atomic E-state index is -0.833. The van der Waals surface area contributed by atoms with Crippen LogP contribution in [-0.4, -0.2) is 16.6 Å². The van der Waals surface area contributed by atoms with Gasteiger partial charge in [-0.2, -0.15) is 0 Å². The van der Waals surface area contributed by atoms with Crippen LogP contribution < -0.4 is 5.73 Å². The Hall–Kier alpha value is -0.570. The number of carboxylic acids is 1. The Kier molecular flexibility index (Phi) is 6.00. The lowest BCUT2D eigenvalue weighted by atomic mass is 9.82. The third kappa shape index (κ3) is 34.5. The molecule has 0 aliphatic carbocycles. The first-order valence-electron chi connectivity index (χ1n) is 4.42. The second-order valence-corrected chi connectivity index (χ2v) is 5.25. The minimum absolute atomic E-state index is 0.0156. The molecule has 0 spiro atoms. The Morgan fingerprint density at radius 1 is 1.23 bits per heavy atom. The van der Waals surface area contributed by atoms with Gasteiger partial charge < -0.3 is 10.8 Å². The van der Waals surface area contributed by atoms with E-state index < -0.39 is 5.97 Å². The van der Waals surface area contributed by atoms with Crippen LogP contribution in [-0.2, 0) is 4.79 Å². The summed E-state index contributed by atoms with van der Waals surface area (Å²) in [5, 5.41) is 7.42. The van der Waals surface area contributed by atoms with Crippen molar-refractivity contribution in [3.05, 3.63) is 0 Å². The quantitative estimate of drug-likeness (QED) is 0.665. The molecule has 3 heteroatoms. The predicted octanol–water partition coefficient (Wildman–Crippen LogP) is 2.25. The van der Waals surface area contributed by atoms with Gasteiger partial charge >= 0.3 is 0 Å². The average Bonchev–Trinajstić information content (AvgIpc) is 1.47. The number of aliphatic carboxylic acids is 1. The molecule has 0 amide bonds. The molecule has 0 aromatic heterocycles. The van der Waals surface area contributed by atoms with Gasteiger partial charge in [-0.3, -0.25) is 4.79 Å². The summed E-state index contributed by atoms with van der Waals surface area (Å²) in [4.78, 5) is 9.00. The summed E-state index contributed by atoms with van der Waals surface area (Å²) in [7, 11) is 0. The highest BCUT2D eigenvalue weighted by molar-refractivity contribution is 5.62. The van der Waals surface area contributed by atoms with Crippen LogP contribution in [0.4, 0.5) is 0 Å². The highest BCUT2D eigenvalue weighted by Gasteiger charge is 2.20.